The topological polar surface area (TPSA) is 105 Å². The van der Waals surface area contributed by atoms with Crippen molar-refractivity contribution in [2.45, 2.75) is 34.5 Å². The number of thiophene rings is 1. The number of amides is 1. The van der Waals surface area contributed by atoms with E-state index in [0.717, 1.165) is 21.8 Å². The molecule has 2 aromatic rings. The molecule has 1 aliphatic rings. The fourth-order valence-electron chi connectivity index (χ4n) is 2.98. The standard InChI is InChI=1S/C17H20N2O5S3/c1-24-10-6-8-11(9-7-10)27(22,23)19-18-16(21)15-12-4-3-5-13(20)14(12)17(25-2)26-15/h6-9,13,19-20H,3-5H2,1-2H3,(H,18,21). The van der Waals surface area contributed by atoms with Gasteiger partial charge in [-0.25, -0.2) is 8.42 Å². The molecule has 0 saturated heterocycles. The molecule has 0 aliphatic heterocycles. The first-order chi connectivity index (χ1) is 12.9. The van der Waals surface area contributed by atoms with Crippen LogP contribution in [-0.2, 0) is 16.4 Å². The summed E-state index contributed by atoms with van der Waals surface area (Å²) in [5.41, 5.74) is 3.90. The second-order valence-electron chi connectivity index (χ2n) is 5.96. The van der Waals surface area contributed by atoms with E-state index in [1.54, 1.807) is 0 Å². The normalized spacial score (nSPS) is 16.6. The van der Waals surface area contributed by atoms with E-state index in [2.05, 4.69) is 10.3 Å². The van der Waals surface area contributed by atoms with Gasteiger partial charge in [0.1, 0.15) is 5.75 Å². The van der Waals surface area contributed by atoms with Crippen molar-refractivity contribution in [1.82, 2.24) is 10.3 Å². The second kappa shape index (κ2) is 8.19. The first-order valence-corrected chi connectivity index (χ1v) is 11.7. The van der Waals surface area contributed by atoms with Gasteiger partial charge in [0.25, 0.3) is 15.9 Å². The fraction of sp³-hybridized carbons (Fsp3) is 0.353. The van der Waals surface area contributed by atoms with Gasteiger partial charge in [0.2, 0.25) is 0 Å². The number of fused-ring (bicyclic) bond motifs is 1. The van der Waals surface area contributed by atoms with Crippen LogP contribution in [0.5, 0.6) is 5.75 Å². The fourth-order valence-corrected chi connectivity index (χ4v) is 5.91. The van der Waals surface area contributed by atoms with Crippen LogP contribution in [0.4, 0.5) is 0 Å². The third kappa shape index (κ3) is 4.14. The number of sulfonamides is 1. The summed E-state index contributed by atoms with van der Waals surface area (Å²) in [5.74, 6) is 0.00842. The van der Waals surface area contributed by atoms with Crippen molar-refractivity contribution in [1.29, 1.82) is 0 Å². The van der Waals surface area contributed by atoms with E-state index < -0.39 is 22.0 Å². The molecule has 0 bridgehead atoms. The number of aliphatic hydroxyl groups excluding tert-OH is 1. The largest absolute Gasteiger partial charge is 0.497 e. The number of carbonyl (C=O) groups is 1. The summed E-state index contributed by atoms with van der Waals surface area (Å²) in [6, 6.07) is 5.83. The molecule has 1 amide bonds. The molecule has 0 spiro atoms. The molecule has 3 rings (SSSR count). The van der Waals surface area contributed by atoms with Crippen LogP contribution >= 0.6 is 23.1 Å². The molecular formula is C17H20N2O5S3. The molecule has 27 heavy (non-hydrogen) atoms. The van der Waals surface area contributed by atoms with Gasteiger partial charge in [-0.1, -0.05) is 0 Å². The van der Waals surface area contributed by atoms with Gasteiger partial charge in [0, 0.05) is 5.56 Å². The Hall–Kier alpha value is -1.59. The van der Waals surface area contributed by atoms with Gasteiger partial charge in [-0.2, -0.15) is 0 Å². The van der Waals surface area contributed by atoms with E-state index in [0.29, 0.717) is 23.5 Å². The van der Waals surface area contributed by atoms with Gasteiger partial charge in [-0.3, -0.25) is 10.2 Å². The summed E-state index contributed by atoms with van der Waals surface area (Å²) in [4.78, 5) is 15.2. The van der Waals surface area contributed by atoms with E-state index in [1.807, 2.05) is 6.26 Å². The Morgan fingerprint density at radius 2 is 2.04 bits per heavy atom. The quantitative estimate of drug-likeness (QED) is 0.482. The minimum absolute atomic E-state index is 0.0111. The smallest absolute Gasteiger partial charge is 0.276 e. The average molecular weight is 429 g/mol. The molecule has 146 valence electrons. The Morgan fingerprint density at radius 3 is 2.67 bits per heavy atom. The first-order valence-electron chi connectivity index (χ1n) is 8.21. The Balaban J connectivity index is 1.78. The van der Waals surface area contributed by atoms with Crippen LogP contribution < -0.4 is 15.0 Å². The summed E-state index contributed by atoms with van der Waals surface area (Å²) in [6.45, 7) is 0. The third-order valence-electron chi connectivity index (χ3n) is 4.31. The molecule has 10 heteroatoms. The molecule has 1 heterocycles. The Morgan fingerprint density at radius 1 is 1.33 bits per heavy atom. The first kappa shape index (κ1) is 20.2. The zero-order valence-electron chi connectivity index (χ0n) is 14.8. The van der Waals surface area contributed by atoms with Gasteiger partial charge in [0.05, 0.1) is 27.2 Å². The van der Waals surface area contributed by atoms with Gasteiger partial charge < -0.3 is 9.84 Å². The number of ether oxygens (including phenoxy) is 1. The number of hydrazine groups is 1. The third-order valence-corrected chi connectivity index (χ3v) is 7.96. The predicted molar refractivity (Wildman–Crippen MR) is 105 cm³/mol. The highest BCUT2D eigenvalue weighted by atomic mass is 32.2. The SMILES string of the molecule is COc1ccc(S(=O)(=O)NNC(=O)c2sc(SC)c3c2CCCC3O)cc1. The highest BCUT2D eigenvalue weighted by Crippen LogP contribution is 2.43. The Bertz CT molecular complexity index is 938. The van der Waals surface area contributed by atoms with Crippen molar-refractivity contribution in [2.75, 3.05) is 13.4 Å². The molecule has 1 aromatic carbocycles. The maximum absolute atomic E-state index is 12.6. The second-order valence-corrected chi connectivity index (χ2v) is 9.74. The van der Waals surface area contributed by atoms with Crippen LogP contribution in [0.2, 0.25) is 0 Å². The Kier molecular flexibility index (Phi) is 6.11. The molecule has 1 unspecified atom stereocenters. The molecule has 3 N–H and O–H groups in total. The lowest BCUT2D eigenvalue weighted by molar-refractivity contribution is 0.0947. The number of benzene rings is 1. The lowest BCUT2D eigenvalue weighted by atomic mass is 9.91. The van der Waals surface area contributed by atoms with E-state index in [9.17, 15) is 18.3 Å². The molecule has 0 fully saturated rings. The number of nitrogens with one attached hydrogen (secondary N) is 2. The van der Waals surface area contributed by atoms with Crippen LogP contribution in [0.25, 0.3) is 0 Å². The van der Waals surface area contributed by atoms with Crippen LogP contribution in [0.1, 0.15) is 39.7 Å². The van der Waals surface area contributed by atoms with Gasteiger partial charge >= 0.3 is 0 Å². The zero-order chi connectivity index (χ0) is 19.6. The lowest BCUT2D eigenvalue weighted by Crippen LogP contribution is -2.41. The monoisotopic (exact) mass is 428 g/mol. The summed E-state index contributed by atoms with van der Waals surface area (Å²) >= 11 is 2.76. The highest BCUT2D eigenvalue weighted by molar-refractivity contribution is 8.00. The summed E-state index contributed by atoms with van der Waals surface area (Å²) in [5, 5.41) is 10.3. The number of hydrogen-bond acceptors (Lipinski definition) is 7. The van der Waals surface area contributed by atoms with Crippen molar-refractivity contribution < 1.29 is 23.1 Å². The lowest BCUT2D eigenvalue weighted by Gasteiger charge is -2.19. The minimum atomic E-state index is -3.91. The Labute approximate surface area is 166 Å². The maximum atomic E-state index is 12.6. The number of rotatable bonds is 6. The molecule has 7 nitrogen and oxygen atoms in total. The van der Waals surface area contributed by atoms with Crippen molar-refractivity contribution in [3.63, 3.8) is 0 Å². The van der Waals surface area contributed by atoms with Crippen molar-refractivity contribution in [3.8, 4) is 5.75 Å². The van der Waals surface area contributed by atoms with Crippen LogP contribution in [0, 0.1) is 0 Å². The average Bonchev–Trinajstić information content (AvgIpc) is 3.06. The van der Waals surface area contributed by atoms with Crippen molar-refractivity contribution in [3.05, 3.63) is 40.3 Å². The van der Waals surface area contributed by atoms with Gasteiger partial charge in [0.15, 0.2) is 0 Å². The van der Waals surface area contributed by atoms with Crippen LogP contribution in [0.15, 0.2) is 33.4 Å². The summed E-state index contributed by atoms with van der Waals surface area (Å²) in [7, 11) is -2.42. The van der Waals surface area contributed by atoms with Crippen LogP contribution in [0.3, 0.4) is 0 Å². The van der Waals surface area contributed by atoms with E-state index >= 15 is 0 Å². The van der Waals surface area contributed by atoms with E-state index in [-0.39, 0.29) is 4.90 Å². The maximum Gasteiger partial charge on any atom is 0.276 e. The van der Waals surface area contributed by atoms with E-state index in [1.165, 1.54) is 54.5 Å². The number of hydrogen-bond donors (Lipinski definition) is 3. The van der Waals surface area contributed by atoms with Crippen molar-refractivity contribution in [2.24, 2.45) is 0 Å². The summed E-state index contributed by atoms with van der Waals surface area (Å²) < 4.78 is 30.6. The highest BCUT2D eigenvalue weighted by Gasteiger charge is 2.29. The number of thioether (sulfide) groups is 1. The number of carbonyl (C=O) groups excluding carboxylic acids is 1. The van der Waals surface area contributed by atoms with E-state index in [4.69, 9.17) is 4.74 Å². The molecule has 1 aliphatic carbocycles. The number of aliphatic hydroxyl groups is 1. The molecule has 1 aromatic heterocycles. The summed E-state index contributed by atoms with van der Waals surface area (Å²) in [6.07, 6.45) is 3.46. The predicted octanol–water partition coefficient (Wildman–Crippen LogP) is 2.47. The zero-order valence-corrected chi connectivity index (χ0v) is 17.3. The van der Waals surface area contributed by atoms with Crippen LogP contribution in [-0.4, -0.2) is 32.8 Å². The van der Waals surface area contributed by atoms with Crippen molar-refractivity contribution >= 4 is 39.0 Å². The molecule has 1 atom stereocenters. The van der Waals surface area contributed by atoms with Gasteiger partial charge in [-0.15, -0.1) is 27.9 Å². The molecular weight excluding hydrogens is 408 g/mol. The molecule has 0 saturated carbocycles. The molecule has 0 radical (unpaired) electrons. The minimum Gasteiger partial charge on any atom is -0.497 e. The number of methoxy groups -OCH3 is 1. The van der Waals surface area contributed by atoms with Gasteiger partial charge in [-0.05, 0) is 55.3 Å².